The maximum absolute atomic E-state index is 12.4. The van der Waals surface area contributed by atoms with E-state index in [0.717, 1.165) is 38.2 Å². The first-order chi connectivity index (χ1) is 9.80. The van der Waals surface area contributed by atoms with Crippen LogP contribution >= 0.6 is 0 Å². The topological polar surface area (TPSA) is 55.4 Å². The zero-order valence-corrected chi connectivity index (χ0v) is 12.0. The minimum Gasteiger partial charge on any atom is -0.385 e. The molecular formula is C13H16F3NO3S. The minimum atomic E-state index is -5.27. The number of hydrogen-bond acceptors (Lipinski definition) is 4. The van der Waals surface area contributed by atoms with Crippen LogP contribution in [0.25, 0.3) is 0 Å². The van der Waals surface area contributed by atoms with Gasteiger partial charge in [-0.25, -0.2) is 8.42 Å². The molecule has 0 unspecified atom stereocenters. The Morgan fingerprint density at radius 3 is 2.24 bits per heavy atom. The Morgan fingerprint density at radius 2 is 1.71 bits per heavy atom. The summed E-state index contributed by atoms with van der Waals surface area (Å²) in [6, 6.07) is 4.63. The number of ether oxygens (including phenoxy) is 1. The van der Waals surface area contributed by atoms with Crippen LogP contribution in [0.2, 0.25) is 0 Å². The number of rotatable bonds is 4. The predicted molar refractivity (Wildman–Crippen MR) is 71.7 cm³/mol. The van der Waals surface area contributed by atoms with E-state index >= 15 is 0 Å². The van der Waals surface area contributed by atoms with E-state index in [9.17, 15) is 21.6 Å². The van der Waals surface area contributed by atoms with E-state index in [1.54, 1.807) is 0 Å². The summed E-state index contributed by atoms with van der Waals surface area (Å²) in [5, 5.41) is 3.10. The Hall–Kier alpha value is -1.28. The normalized spacial score (nSPS) is 17.7. The molecule has 0 saturated carbocycles. The molecule has 0 aromatic heterocycles. The number of sulfone groups is 1. The molecule has 0 atom stereocenters. The van der Waals surface area contributed by atoms with Gasteiger partial charge >= 0.3 is 5.51 Å². The van der Waals surface area contributed by atoms with Gasteiger partial charge in [0, 0.05) is 25.4 Å². The Bertz CT molecular complexity index is 563. The van der Waals surface area contributed by atoms with Crippen molar-refractivity contribution in [3.05, 3.63) is 24.3 Å². The van der Waals surface area contributed by atoms with Gasteiger partial charge in [-0.15, -0.1) is 0 Å². The van der Waals surface area contributed by atoms with Crippen LogP contribution in [0.5, 0.6) is 0 Å². The van der Waals surface area contributed by atoms with Gasteiger partial charge in [-0.05, 0) is 43.0 Å². The fourth-order valence-corrected chi connectivity index (χ4v) is 2.86. The lowest BCUT2D eigenvalue weighted by Crippen LogP contribution is -2.23. The summed E-state index contributed by atoms with van der Waals surface area (Å²) in [4.78, 5) is -0.744. The van der Waals surface area contributed by atoms with Gasteiger partial charge in [0.2, 0.25) is 0 Å². The Balaban J connectivity index is 1.99. The quantitative estimate of drug-likeness (QED) is 0.926. The third kappa shape index (κ3) is 3.88. The summed E-state index contributed by atoms with van der Waals surface area (Å²) in [6.45, 7) is 2.12. The molecule has 1 heterocycles. The molecule has 1 fully saturated rings. The highest BCUT2D eigenvalue weighted by molar-refractivity contribution is 7.92. The van der Waals surface area contributed by atoms with Crippen LogP contribution in [0, 0.1) is 5.92 Å². The van der Waals surface area contributed by atoms with Crippen molar-refractivity contribution in [3.63, 3.8) is 0 Å². The lowest BCUT2D eigenvalue weighted by molar-refractivity contribution is -0.0436. The minimum absolute atomic E-state index is 0.456. The van der Waals surface area contributed by atoms with Crippen molar-refractivity contribution in [1.29, 1.82) is 0 Å². The molecule has 21 heavy (non-hydrogen) atoms. The third-order valence-corrected chi connectivity index (χ3v) is 4.91. The highest BCUT2D eigenvalue weighted by Crippen LogP contribution is 2.30. The molecular weight excluding hydrogens is 307 g/mol. The van der Waals surface area contributed by atoms with Crippen molar-refractivity contribution < 1.29 is 26.3 Å². The van der Waals surface area contributed by atoms with E-state index in [1.165, 1.54) is 12.1 Å². The number of halogens is 3. The van der Waals surface area contributed by atoms with Gasteiger partial charge in [0.1, 0.15) is 0 Å². The summed E-state index contributed by atoms with van der Waals surface area (Å²) in [5.74, 6) is 0.456. The maximum atomic E-state index is 12.4. The predicted octanol–water partition coefficient (Wildman–Crippen LogP) is 2.82. The second kappa shape index (κ2) is 6.23. The maximum Gasteiger partial charge on any atom is 0.501 e. The lowest BCUT2D eigenvalue weighted by atomic mass is 10.0. The number of benzene rings is 1. The molecule has 1 aromatic rings. The van der Waals surface area contributed by atoms with E-state index in [0.29, 0.717) is 18.2 Å². The van der Waals surface area contributed by atoms with Crippen molar-refractivity contribution in [3.8, 4) is 0 Å². The van der Waals surface area contributed by atoms with Crippen LogP contribution in [-0.2, 0) is 14.6 Å². The SMILES string of the molecule is O=S(=O)(c1ccc(NCC2CCOCC2)cc1)C(F)(F)F. The van der Waals surface area contributed by atoms with Crippen LogP contribution in [0.1, 0.15) is 12.8 Å². The van der Waals surface area contributed by atoms with E-state index in [2.05, 4.69) is 5.32 Å². The van der Waals surface area contributed by atoms with Gasteiger partial charge in [-0.3, -0.25) is 0 Å². The molecule has 1 saturated heterocycles. The molecule has 0 bridgehead atoms. The average molecular weight is 323 g/mol. The first-order valence-electron chi connectivity index (χ1n) is 6.54. The molecule has 1 aliphatic heterocycles. The molecule has 8 heteroatoms. The Labute approximate surface area is 121 Å². The van der Waals surface area contributed by atoms with Crippen molar-refractivity contribution in [2.24, 2.45) is 5.92 Å². The van der Waals surface area contributed by atoms with E-state index < -0.39 is 20.2 Å². The van der Waals surface area contributed by atoms with Gasteiger partial charge in [0.25, 0.3) is 9.84 Å². The van der Waals surface area contributed by atoms with Crippen LogP contribution in [-0.4, -0.2) is 33.7 Å². The van der Waals surface area contributed by atoms with Gasteiger partial charge in [0.15, 0.2) is 0 Å². The molecule has 0 spiro atoms. The molecule has 1 aliphatic rings. The number of nitrogens with one attached hydrogen (secondary N) is 1. The van der Waals surface area contributed by atoms with Crippen LogP contribution in [0.3, 0.4) is 0 Å². The number of alkyl halides is 3. The molecule has 0 amide bonds. The van der Waals surface area contributed by atoms with E-state index in [-0.39, 0.29) is 0 Å². The molecule has 0 radical (unpaired) electrons. The first kappa shape index (κ1) is 16.1. The second-order valence-electron chi connectivity index (χ2n) is 4.91. The van der Waals surface area contributed by atoms with Gasteiger partial charge < -0.3 is 10.1 Å². The molecule has 118 valence electrons. The second-order valence-corrected chi connectivity index (χ2v) is 6.85. The standard InChI is InChI=1S/C13H16F3NO3S/c14-13(15,16)21(18,19)12-3-1-11(2-4-12)17-9-10-5-7-20-8-6-10/h1-4,10,17H,5-9H2. The molecule has 1 aromatic carbocycles. The third-order valence-electron chi connectivity index (χ3n) is 3.41. The average Bonchev–Trinajstić information content (AvgIpc) is 2.45. The molecule has 1 N–H and O–H groups in total. The molecule has 0 aliphatic carbocycles. The largest absolute Gasteiger partial charge is 0.501 e. The van der Waals surface area contributed by atoms with Crippen molar-refractivity contribution in [2.45, 2.75) is 23.2 Å². The summed E-state index contributed by atoms with van der Waals surface area (Å²) in [5.41, 5.74) is -4.67. The first-order valence-corrected chi connectivity index (χ1v) is 8.02. The van der Waals surface area contributed by atoms with Gasteiger partial charge in [-0.2, -0.15) is 13.2 Å². The fourth-order valence-electron chi connectivity index (χ4n) is 2.10. The van der Waals surface area contributed by atoms with Crippen LogP contribution in [0.4, 0.5) is 18.9 Å². The number of anilines is 1. The fraction of sp³-hybridized carbons (Fsp3) is 0.538. The van der Waals surface area contributed by atoms with E-state index in [1.807, 2.05) is 0 Å². The smallest absolute Gasteiger partial charge is 0.385 e. The zero-order valence-electron chi connectivity index (χ0n) is 11.2. The lowest BCUT2D eigenvalue weighted by Gasteiger charge is -2.22. The van der Waals surface area contributed by atoms with Crippen LogP contribution in [0.15, 0.2) is 29.2 Å². The summed E-state index contributed by atoms with van der Waals surface area (Å²) in [6.07, 6.45) is 1.88. The zero-order chi connectivity index (χ0) is 15.5. The molecule has 4 nitrogen and oxygen atoms in total. The molecule has 2 rings (SSSR count). The Morgan fingerprint density at radius 1 is 1.14 bits per heavy atom. The number of hydrogen-bond donors (Lipinski definition) is 1. The van der Waals surface area contributed by atoms with Gasteiger partial charge in [0.05, 0.1) is 4.90 Å². The van der Waals surface area contributed by atoms with Crippen molar-refractivity contribution >= 4 is 15.5 Å². The van der Waals surface area contributed by atoms with E-state index in [4.69, 9.17) is 4.74 Å². The monoisotopic (exact) mass is 323 g/mol. The van der Waals surface area contributed by atoms with Crippen molar-refractivity contribution in [2.75, 3.05) is 25.1 Å². The summed E-state index contributed by atoms with van der Waals surface area (Å²) in [7, 11) is -5.27. The highest BCUT2D eigenvalue weighted by Gasteiger charge is 2.46. The highest BCUT2D eigenvalue weighted by atomic mass is 32.2. The van der Waals surface area contributed by atoms with Gasteiger partial charge in [-0.1, -0.05) is 0 Å². The van der Waals surface area contributed by atoms with Crippen molar-refractivity contribution in [1.82, 2.24) is 0 Å². The van der Waals surface area contributed by atoms with Crippen LogP contribution < -0.4 is 5.32 Å². The summed E-state index contributed by atoms with van der Waals surface area (Å²) < 4.78 is 64.8. The Kier molecular flexibility index (Phi) is 4.77. The summed E-state index contributed by atoms with van der Waals surface area (Å²) >= 11 is 0.